The van der Waals surface area contributed by atoms with Gasteiger partial charge in [0.05, 0.1) is 30.6 Å². The van der Waals surface area contributed by atoms with Crippen LogP contribution in [0, 0.1) is 0 Å². The highest BCUT2D eigenvalue weighted by molar-refractivity contribution is 6.09. The van der Waals surface area contributed by atoms with Gasteiger partial charge in [0.2, 0.25) is 0 Å². The molecule has 170 valence electrons. The van der Waals surface area contributed by atoms with Gasteiger partial charge in [0.15, 0.2) is 0 Å². The van der Waals surface area contributed by atoms with E-state index < -0.39 is 0 Å². The van der Waals surface area contributed by atoms with Crippen molar-refractivity contribution >= 4 is 17.3 Å². The minimum absolute atomic E-state index is 0.0632. The second-order valence-corrected chi connectivity index (χ2v) is 7.59. The molecule has 3 heterocycles. The Balaban J connectivity index is 1.51. The summed E-state index contributed by atoms with van der Waals surface area (Å²) in [5, 5.41) is 6.38. The maximum Gasteiger partial charge on any atom is 0.257 e. The quantitative estimate of drug-likeness (QED) is 0.536. The summed E-state index contributed by atoms with van der Waals surface area (Å²) in [7, 11) is 1.61. The molecule has 0 saturated heterocycles. The van der Waals surface area contributed by atoms with Crippen LogP contribution >= 0.6 is 0 Å². The number of allylic oxidation sites excluding steroid dienone is 5. The van der Waals surface area contributed by atoms with E-state index in [0.29, 0.717) is 22.8 Å². The first kappa shape index (κ1) is 22.7. The van der Waals surface area contributed by atoms with Crippen molar-refractivity contribution in [2.24, 2.45) is 4.99 Å². The molecule has 2 N–H and O–H groups in total. The number of hydrogen-bond acceptors (Lipinski definition) is 6. The monoisotopic (exact) mass is 451 g/mol. The first-order valence-corrected chi connectivity index (χ1v) is 10.8. The highest BCUT2D eigenvalue weighted by Crippen LogP contribution is 2.20. The fraction of sp³-hybridized carbons (Fsp3) is 0.111. The second-order valence-electron chi connectivity index (χ2n) is 7.59. The lowest BCUT2D eigenvalue weighted by atomic mass is 10.1. The number of carbonyl (C=O) groups is 1. The molecule has 1 aliphatic heterocycles. The zero-order valence-electron chi connectivity index (χ0n) is 19.0. The average Bonchev–Trinajstić information content (AvgIpc) is 2.86. The number of aromatic nitrogens is 2. The summed E-state index contributed by atoms with van der Waals surface area (Å²) in [6.07, 6.45) is 16.3. The van der Waals surface area contributed by atoms with Gasteiger partial charge in [0, 0.05) is 29.8 Å². The normalized spacial score (nSPS) is 18.6. The molecule has 1 amide bonds. The first-order valence-electron chi connectivity index (χ1n) is 10.8. The third kappa shape index (κ3) is 5.83. The van der Waals surface area contributed by atoms with E-state index in [1.165, 1.54) is 0 Å². The van der Waals surface area contributed by atoms with Crippen LogP contribution in [0.2, 0.25) is 0 Å². The van der Waals surface area contributed by atoms with E-state index in [0.717, 1.165) is 16.8 Å². The first-order chi connectivity index (χ1) is 16.6. The number of anilines is 1. The van der Waals surface area contributed by atoms with Crippen molar-refractivity contribution in [1.29, 1.82) is 0 Å². The van der Waals surface area contributed by atoms with Gasteiger partial charge in [-0.15, -0.1) is 0 Å². The molecule has 1 aliphatic rings. The predicted molar refractivity (Wildman–Crippen MR) is 134 cm³/mol. The van der Waals surface area contributed by atoms with Crippen LogP contribution < -0.4 is 15.4 Å². The number of nitrogens with zero attached hydrogens (tertiary/aromatic N) is 3. The molecule has 0 unspecified atom stereocenters. The zero-order valence-corrected chi connectivity index (χ0v) is 19.0. The number of nitrogens with one attached hydrogen (secondary N) is 2. The molecule has 1 aromatic carbocycles. The van der Waals surface area contributed by atoms with Gasteiger partial charge in [-0.25, -0.2) is 4.99 Å². The van der Waals surface area contributed by atoms with E-state index in [1.54, 1.807) is 44.0 Å². The summed E-state index contributed by atoms with van der Waals surface area (Å²) in [6.45, 7) is 2.05. The molecule has 7 nitrogen and oxygen atoms in total. The van der Waals surface area contributed by atoms with Crippen LogP contribution in [-0.4, -0.2) is 28.7 Å². The lowest BCUT2D eigenvalue weighted by Gasteiger charge is -2.18. The van der Waals surface area contributed by atoms with Gasteiger partial charge in [-0.3, -0.25) is 14.8 Å². The fourth-order valence-corrected chi connectivity index (χ4v) is 3.36. The smallest absolute Gasteiger partial charge is 0.257 e. The largest absolute Gasteiger partial charge is 0.495 e. The molecule has 0 radical (unpaired) electrons. The van der Waals surface area contributed by atoms with E-state index in [2.05, 4.69) is 20.6 Å². The number of carbonyl (C=O) groups excluding carboxylic acids is 1. The Morgan fingerprint density at radius 2 is 1.91 bits per heavy atom. The number of aliphatic imine (C=N–C) groups is 1. The summed E-state index contributed by atoms with van der Waals surface area (Å²) in [5.41, 5.74) is 3.84. The molecule has 4 rings (SSSR count). The van der Waals surface area contributed by atoms with Crippen LogP contribution in [0.15, 0.2) is 108 Å². The highest BCUT2D eigenvalue weighted by Gasteiger charge is 2.11. The summed E-state index contributed by atoms with van der Waals surface area (Å²) in [6, 6.07) is 13.0. The van der Waals surface area contributed by atoms with Gasteiger partial charge in [0.1, 0.15) is 11.6 Å². The molecule has 2 aromatic heterocycles. The van der Waals surface area contributed by atoms with Gasteiger partial charge in [-0.1, -0.05) is 30.4 Å². The molecule has 3 aromatic rings. The number of methoxy groups -OCH3 is 1. The summed E-state index contributed by atoms with van der Waals surface area (Å²) in [5.74, 6) is 1.17. The van der Waals surface area contributed by atoms with Crippen molar-refractivity contribution in [1.82, 2.24) is 15.3 Å². The highest BCUT2D eigenvalue weighted by atomic mass is 16.5. The van der Waals surface area contributed by atoms with Gasteiger partial charge >= 0.3 is 0 Å². The van der Waals surface area contributed by atoms with Crippen molar-refractivity contribution in [2.75, 3.05) is 12.4 Å². The molecule has 0 spiro atoms. The predicted octanol–water partition coefficient (Wildman–Crippen LogP) is 4.84. The topological polar surface area (TPSA) is 88.5 Å². The fourth-order valence-electron chi connectivity index (χ4n) is 3.36. The van der Waals surface area contributed by atoms with Crippen LogP contribution in [0.3, 0.4) is 0 Å². The maximum absolute atomic E-state index is 12.5. The second kappa shape index (κ2) is 10.9. The molecular formula is C27H25N5O2. The molecule has 0 fully saturated rings. The van der Waals surface area contributed by atoms with E-state index in [1.807, 2.05) is 67.6 Å². The van der Waals surface area contributed by atoms with Crippen LogP contribution in [0.5, 0.6) is 5.75 Å². The number of rotatable bonds is 7. The molecular weight excluding hydrogens is 426 g/mol. The van der Waals surface area contributed by atoms with Crippen LogP contribution in [0.4, 0.5) is 5.69 Å². The summed E-state index contributed by atoms with van der Waals surface area (Å²) in [4.78, 5) is 25.5. The maximum atomic E-state index is 12.5. The van der Waals surface area contributed by atoms with Gasteiger partial charge in [-0.05, 0) is 55.0 Å². The van der Waals surface area contributed by atoms with Crippen molar-refractivity contribution in [3.05, 3.63) is 120 Å². The number of ether oxygens (including phenoxy) is 1. The Bertz CT molecular complexity index is 1280. The van der Waals surface area contributed by atoms with Crippen molar-refractivity contribution in [3.63, 3.8) is 0 Å². The molecule has 1 atom stereocenters. The van der Waals surface area contributed by atoms with E-state index >= 15 is 0 Å². The molecule has 7 heteroatoms. The van der Waals surface area contributed by atoms with Crippen molar-refractivity contribution in [3.8, 4) is 5.75 Å². The van der Waals surface area contributed by atoms with E-state index in [4.69, 9.17) is 9.73 Å². The van der Waals surface area contributed by atoms with Gasteiger partial charge < -0.3 is 15.4 Å². The Labute approximate surface area is 198 Å². The van der Waals surface area contributed by atoms with Gasteiger partial charge in [-0.2, -0.15) is 0 Å². The Kier molecular flexibility index (Phi) is 7.25. The number of benzene rings is 1. The minimum Gasteiger partial charge on any atom is -0.495 e. The molecule has 0 bridgehead atoms. The Morgan fingerprint density at radius 3 is 2.74 bits per heavy atom. The lowest BCUT2D eigenvalue weighted by molar-refractivity contribution is 0.102. The van der Waals surface area contributed by atoms with Crippen LogP contribution in [-0.2, 0) is 0 Å². The Morgan fingerprint density at radius 1 is 1.00 bits per heavy atom. The molecule has 34 heavy (non-hydrogen) atoms. The van der Waals surface area contributed by atoms with Gasteiger partial charge in [0.25, 0.3) is 5.91 Å². The standard InChI is InChI=1S/C27H25N5O2/c1-19(20-8-6-10-23(14-20)31-27(33)21-9-7-13-28-16-21)30-26-12-5-3-4-11-25(32-26)22-15-24(34-2)18-29-17-22/h3-19H,1-2H3,(H,30,32)(H,31,33)/t19-/m0/s1. The summed E-state index contributed by atoms with van der Waals surface area (Å²) < 4.78 is 5.30. The zero-order chi connectivity index (χ0) is 23.8. The SMILES string of the molecule is COc1cncc(C2=N/C(N[C@@H](C)c3cccc(NC(=O)c4cccnc4)c3)=C\C=C\C=C\2)c1. The minimum atomic E-state index is -0.202. The van der Waals surface area contributed by atoms with Crippen LogP contribution in [0.1, 0.15) is 34.5 Å². The van der Waals surface area contributed by atoms with Crippen molar-refractivity contribution < 1.29 is 9.53 Å². The third-order valence-electron chi connectivity index (χ3n) is 5.15. The molecule has 0 aliphatic carbocycles. The van der Waals surface area contributed by atoms with Crippen molar-refractivity contribution in [2.45, 2.75) is 13.0 Å². The average molecular weight is 452 g/mol. The van der Waals surface area contributed by atoms with E-state index in [9.17, 15) is 4.79 Å². The molecule has 0 saturated carbocycles. The number of hydrogen-bond donors (Lipinski definition) is 2. The number of pyridine rings is 2. The van der Waals surface area contributed by atoms with Crippen LogP contribution in [0.25, 0.3) is 0 Å². The number of amides is 1. The Hall–Kier alpha value is -4.52. The lowest BCUT2D eigenvalue weighted by Crippen LogP contribution is -2.19. The summed E-state index contributed by atoms with van der Waals surface area (Å²) >= 11 is 0. The third-order valence-corrected chi connectivity index (χ3v) is 5.15. The van der Waals surface area contributed by atoms with E-state index in [-0.39, 0.29) is 11.9 Å².